The molecule has 7 heteroatoms. The average molecular weight is 335 g/mol. The maximum absolute atomic E-state index is 14.4. The van der Waals surface area contributed by atoms with Crippen molar-refractivity contribution in [2.24, 2.45) is 5.73 Å². The first kappa shape index (κ1) is 16.7. The summed E-state index contributed by atoms with van der Waals surface area (Å²) >= 11 is 5.91. The summed E-state index contributed by atoms with van der Waals surface area (Å²) in [5.41, 5.74) is 5.57. The third-order valence-electron chi connectivity index (χ3n) is 3.93. The Labute approximate surface area is 130 Å². The summed E-state index contributed by atoms with van der Waals surface area (Å²) in [5.74, 6) is -0.790. The predicted octanol–water partition coefficient (Wildman–Crippen LogP) is 2.89. The van der Waals surface area contributed by atoms with E-state index in [0.29, 0.717) is 13.0 Å². The Hall–Kier alpha value is -0.690. The molecule has 0 aliphatic carbocycles. The minimum Gasteiger partial charge on any atom is -0.326 e. The number of hydrogen-bond donors (Lipinski definition) is 1. The van der Waals surface area contributed by atoms with Crippen molar-refractivity contribution in [2.45, 2.75) is 50.1 Å². The molecule has 0 bridgehead atoms. The van der Waals surface area contributed by atoms with Crippen LogP contribution in [0.4, 0.5) is 4.39 Å². The van der Waals surface area contributed by atoms with Crippen LogP contribution in [-0.4, -0.2) is 25.3 Å². The van der Waals surface area contributed by atoms with Gasteiger partial charge in [0.05, 0.1) is 0 Å². The number of nitrogens with two attached hydrogens (primary N) is 1. The minimum atomic E-state index is -3.89. The van der Waals surface area contributed by atoms with Gasteiger partial charge in [-0.15, -0.1) is 0 Å². The topological polar surface area (TPSA) is 63.4 Å². The smallest absolute Gasteiger partial charge is 0.246 e. The van der Waals surface area contributed by atoms with Gasteiger partial charge in [0.2, 0.25) is 10.0 Å². The van der Waals surface area contributed by atoms with E-state index in [1.807, 2.05) is 6.92 Å². The fraction of sp³-hybridized carbons (Fsp3) is 0.571. The average Bonchev–Trinajstić information content (AvgIpc) is 2.48. The van der Waals surface area contributed by atoms with E-state index in [1.165, 1.54) is 16.4 Å². The third kappa shape index (κ3) is 3.23. The minimum absolute atomic E-state index is 0.0801. The second-order valence-electron chi connectivity index (χ2n) is 5.25. The molecule has 2 rings (SSSR count). The van der Waals surface area contributed by atoms with Gasteiger partial charge in [-0.05, 0) is 31.4 Å². The molecule has 21 heavy (non-hydrogen) atoms. The van der Waals surface area contributed by atoms with E-state index < -0.39 is 15.8 Å². The highest BCUT2D eigenvalue weighted by Gasteiger charge is 2.35. The molecule has 1 aromatic rings. The number of piperidine rings is 1. The van der Waals surface area contributed by atoms with E-state index >= 15 is 0 Å². The lowest BCUT2D eigenvalue weighted by atomic mass is 10.0. The van der Waals surface area contributed by atoms with Crippen LogP contribution in [0.2, 0.25) is 5.02 Å². The van der Waals surface area contributed by atoms with Gasteiger partial charge in [0, 0.05) is 29.7 Å². The highest BCUT2D eigenvalue weighted by molar-refractivity contribution is 7.89. The molecule has 1 atom stereocenters. The fourth-order valence-electron chi connectivity index (χ4n) is 2.78. The van der Waals surface area contributed by atoms with Crippen LogP contribution in [0.1, 0.15) is 38.2 Å². The molecule has 1 aromatic carbocycles. The molecule has 1 aliphatic heterocycles. The molecule has 1 heterocycles. The van der Waals surface area contributed by atoms with Crippen LogP contribution in [0.5, 0.6) is 0 Å². The van der Waals surface area contributed by atoms with Crippen LogP contribution in [0.3, 0.4) is 0 Å². The Kier molecular flexibility index (Phi) is 5.24. The molecule has 1 unspecified atom stereocenters. The number of rotatable bonds is 4. The van der Waals surface area contributed by atoms with E-state index in [-0.39, 0.29) is 28.1 Å². The van der Waals surface area contributed by atoms with E-state index in [0.717, 1.165) is 19.3 Å². The van der Waals surface area contributed by atoms with Crippen LogP contribution >= 0.6 is 11.6 Å². The third-order valence-corrected chi connectivity index (χ3v) is 6.10. The zero-order valence-electron chi connectivity index (χ0n) is 12.0. The summed E-state index contributed by atoms with van der Waals surface area (Å²) in [5, 5.41) is 0.181. The van der Waals surface area contributed by atoms with Crippen molar-refractivity contribution in [1.82, 2.24) is 4.31 Å². The summed E-state index contributed by atoms with van der Waals surface area (Å²) in [6, 6.07) is 2.46. The van der Waals surface area contributed by atoms with Gasteiger partial charge in [-0.3, -0.25) is 0 Å². The molecule has 1 aliphatic rings. The standard InChI is InChI=1S/C14H20ClFN2O2S/c1-2-12-5-3-4-6-18(12)21(19,20)13-8-11(15)7-10(9-17)14(13)16/h7-8,12H,2-6,9,17H2,1H3. The SMILES string of the molecule is CCC1CCCCN1S(=O)(=O)c1cc(Cl)cc(CN)c1F. The molecule has 0 aromatic heterocycles. The van der Waals surface area contributed by atoms with Crippen molar-refractivity contribution in [3.05, 3.63) is 28.5 Å². The zero-order chi connectivity index (χ0) is 15.6. The van der Waals surface area contributed by atoms with Gasteiger partial charge >= 0.3 is 0 Å². The van der Waals surface area contributed by atoms with Crippen LogP contribution < -0.4 is 5.73 Å². The van der Waals surface area contributed by atoms with E-state index in [4.69, 9.17) is 17.3 Å². The highest BCUT2D eigenvalue weighted by atomic mass is 35.5. The second-order valence-corrected chi connectivity index (χ2v) is 7.55. The lowest BCUT2D eigenvalue weighted by molar-refractivity contribution is 0.246. The van der Waals surface area contributed by atoms with Crippen molar-refractivity contribution < 1.29 is 12.8 Å². The maximum Gasteiger partial charge on any atom is 0.246 e. The van der Waals surface area contributed by atoms with Crippen LogP contribution in [0.25, 0.3) is 0 Å². The quantitative estimate of drug-likeness (QED) is 0.920. The lowest BCUT2D eigenvalue weighted by Crippen LogP contribution is -2.43. The Morgan fingerprint density at radius 3 is 2.76 bits per heavy atom. The summed E-state index contributed by atoms with van der Waals surface area (Å²) in [4.78, 5) is -0.365. The van der Waals surface area contributed by atoms with Crippen molar-refractivity contribution in [1.29, 1.82) is 0 Å². The highest BCUT2D eigenvalue weighted by Crippen LogP contribution is 2.31. The number of nitrogens with zero attached hydrogens (tertiary/aromatic N) is 1. The Balaban J connectivity index is 2.50. The van der Waals surface area contributed by atoms with Gasteiger partial charge in [0.15, 0.2) is 0 Å². The molecule has 2 N–H and O–H groups in total. The van der Waals surface area contributed by atoms with Gasteiger partial charge in [0.25, 0.3) is 0 Å². The van der Waals surface area contributed by atoms with Crippen molar-refractivity contribution in [3.63, 3.8) is 0 Å². The van der Waals surface area contributed by atoms with Crippen LogP contribution in [-0.2, 0) is 16.6 Å². The van der Waals surface area contributed by atoms with Crippen molar-refractivity contribution in [3.8, 4) is 0 Å². The van der Waals surface area contributed by atoms with Gasteiger partial charge in [-0.25, -0.2) is 12.8 Å². The normalized spacial score (nSPS) is 20.7. The monoisotopic (exact) mass is 334 g/mol. The number of sulfonamides is 1. The summed E-state index contributed by atoms with van der Waals surface area (Å²) in [6.45, 7) is 2.27. The van der Waals surface area contributed by atoms with E-state index in [2.05, 4.69) is 0 Å². The Morgan fingerprint density at radius 2 is 2.14 bits per heavy atom. The maximum atomic E-state index is 14.4. The zero-order valence-corrected chi connectivity index (χ0v) is 13.6. The molecular weight excluding hydrogens is 315 g/mol. The van der Waals surface area contributed by atoms with Gasteiger partial charge in [-0.1, -0.05) is 24.9 Å². The fourth-order valence-corrected chi connectivity index (χ4v) is 4.99. The molecule has 1 fully saturated rings. The first-order valence-electron chi connectivity index (χ1n) is 7.11. The lowest BCUT2D eigenvalue weighted by Gasteiger charge is -2.34. The molecule has 4 nitrogen and oxygen atoms in total. The molecular formula is C14H20ClFN2O2S. The second kappa shape index (κ2) is 6.60. The van der Waals surface area contributed by atoms with Gasteiger partial charge in [-0.2, -0.15) is 4.31 Å². The van der Waals surface area contributed by atoms with E-state index in [1.54, 1.807) is 0 Å². The van der Waals surface area contributed by atoms with Crippen LogP contribution in [0.15, 0.2) is 17.0 Å². The number of halogens is 2. The predicted molar refractivity (Wildman–Crippen MR) is 81.1 cm³/mol. The molecule has 0 radical (unpaired) electrons. The summed E-state index contributed by atoms with van der Waals surface area (Å²) in [6.07, 6.45) is 3.31. The summed E-state index contributed by atoms with van der Waals surface area (Å²) in [7, 11) is -3.89. The number of hydrogen-bond acceptors (Lipinski definition) is 3. The largest absolute Gasteiger partial charge is 0.326 e. The first-order valence-corrected chi connectivity index (χ1v) is 8.93. The first-order chi connectivity index (χ1) is 9.91. The number of benzene rings is 1. The van der Waals surface area contributed by atoms with Crippen molar-refractivity contribution in [2.75, 3.05) is 6.54 Å². The molecule has 0 saturated carbocycles. The van der Waals surface area contributed by atoms with Gasteiger partial charge < -0.3 is 5.73 Å². The Morgan fingerprint density at radius 1 is 1.43 bits per heavy atom. The molecule has 0 amide bonds. The van der Waals surface area contributed by atoms with Crippen molar-refractivity contribution >= 4 is 21.6 Å². The molecule has 118 valence electrons. The van der Waals surface area contributed by atoms with Gasteiger partial charge in [0.1, 0.15) is 10.7 Å². The molecule has 1 saturated heterocycles. The van der Waals surface area contributed by atoms with E-state index in [9.17, 15) is 12.8 Å². The Bertz CT molecular complexity index is 622. The van der Waals surface area contributed by atoms with Crippen LogP contribution in [0, 0.1) is 5.82 Å². The molecule has 0 spiro atoms. The summed E-state index contributed by atoms with van der Waals surface area (Å²) < 4.78 is 41.4.